The monoisotopic (exact) mass is 752 g/mol. The predicted molar refractivity (Wildman–Crippen MR) is 207 cm³/mol. The van der Waals surface area contributed by atoms with Gasteiger partial charge in [-0.15, -0.1) is 0 Å². The minimum atomic E-state index is -0.520. The predicted octanol–water partition coefficient (Wildman–Crippen LogP) is 6.19. The summed E-state index contributed by atoms with van der Waals surface area (Å²) < 4.78 is 24.6. The van der Waals surface area contributed by atoms with Crippen LogP contribution in [0.3, 0.4) is 0 Å². The standard InChI is InChI=1S/C41H45ClN6O6/c1-6-54-40(50)41(2)23-47(24-41)22-32-35(51-3)17-27(18-36(32)52-4)48-34-12-8-9-28(31(34)21-44-48)29-10-7-11-30(38(29)42)33-15-13-25(39(46-33)53-5)19-43-20-26-14-16-37(49)45-26/h7-13,15,17-18,21,26,43H,6,14,16,19-20,22-24H2,1-5H3,(H,45,49)/t26-/m0/s1. The zero-order chi connectivity index (χ0) is 38.0. The lowest BCUT2D eigenvalue weighted by molar-refractivity contribution is -0.165. The smallest absolute Gasteiger partial charge is 0.314 e. The van der Waals surface area contributed by atoms with Crippen LogP contribution in [0.5, 0.6) is 17.4 Å². The number of nitrogens with one attached hydrogen (secondary N) is 2. The molecule has 7 rings (SSSR count). The molecule has 2 fully saturated rings. The van der Waals surface area contributed by atoms with E-state index < -0.39 is 5.41 Å². The largest absolute Gasteiger partial charge is 0.496 e. The Morgan fingerprint density at radius 2 is 1.72 bits per heavy atom. The van der Waals surface area contributed by atoms with Gasteiger partial charge in [0.2, 0.25) is 11.8 Å². The van der Waals surface area contributed by atoms with Crippen molar-refractivity contribution in [2.24, 2.45) is 5.41 Å². The summed E-state index contributed by atoms with van der Waals surface area (Å²) in [5, 5.41) is 12.7. The van der Waals surface area contributed by atoms with Crippen LogP contribution in [0.2, 0.25) is 5.02 Å². The van der Waals surface area contributed by atoms with Gasteiger partial charge in [0.05, 0.1) is 67.0 Å². The quantitative estimate of drug-likeness (QED) is 0.127. The van der Waals surface area contributed by atoms with Crippen LogP contribution in [0.4, 0.5) is 0 Å². The first-order valence-corrected chi connectivity index (χ1v) is 18.5. The molecule has 0 radical (unpaired) electrons. The van der Waals surface area contributed by atoms with E-state index in [0.717, 1.165) is 50.8 Å². The minimum absolute atomic E-state index is 0.0996. The molecule has 0 bridgehead atoms. The Bertz CT molecular complexity index is 2170. The van der Waals surface area contributed by atoms with Crippen LogP contribution in [-0.2, 0) is 27.4 Å². The Balaban J connectivity index is 1.14. The zero-order valence-corrected chi connectivity index (χ0v) is 32.0. The average Bonchev–Trinajstić information content (AvgIpc) is 3.80. The summed E-state index contributed by atoms with van der Waals surface area (Å²) in [5.74, 6) is 1.77. The van der Waals surface area contributed by atoms with Gasteiger partial charge in [-0.25, -0.2) is 9.67 Å². The molecular weight excluding hydrogens is 708 g/mol. The van der Waals surface area contributed by atoms with E-state index in [1.54, 1.807) is 21.3 Å². The van der Waals surface area contributed by atoms with E-state index in [-0.39, 0.29) is 17.9 Å². The van der Waals surface area contributed by atoms with Crippen molar-refractivity contribution in [2.75, 3.05) is 47.6 Å². The van der Waals surface area contributed by atoms with Crippen LogP contribution in [-0.4, -0.2) is 85.2 Å². The summed E-state index contributed by atoms with van der Waals surface area (Å²) in [7, 11) is 4.89. The van der Waals surface area contributed by atoms with Crippen molar-refractivity contribution >= 4 is 34.4 Å². The molecule has 3 aromatic carbocycles. The van der Waals surface area contributed by atoms with Gasteiger partial charge in [-0.05, 0) is 38.0 Å². The number of benzene rings is 3. The molecule has 12 nitrogen and oxygen atoms in total. The molecule has 0 spiro atoms. The van der Waals surface area contributed by atoms with E-state index >= 15 is 0 Å². The van der Waals surface area contributed by atoms with E-state index in [9.17, 15) is 9.59 Å². The highest BCUT2D eigenvalue weighted by molar-refractivity contribution is 6.36. The first kappa shape index (κ1) is 37.2. The maximum Gasteiger partial charge on any atom is 0.314 e. The number of likely N-dealkylation sites (tertiary alicyclic amines) is 1. The third-order valence-corrected chi connectivity index (χ3v) is 10.6. The van der Waals surface area contributed by atoms with Crippen molar-refractivity contribution in [3.8, 4) is 45.5 Å². The van der Waals surface area contributed by atoms with E-state index in [4.69, 9.17) is 40.6 Å². The fourth-order valence-electron chi connectivity index (χ4n) is 7.53. The number of carbonyl (C=O) groups excluding carboxylic acids is 2. The summed E-state index contributed by atoms with van der Waals surface area (Å²) in [6, 6.07) is 20.0. The fraction of sp³-hybridized carbons (Fsp3) is 0.366. The Morgan fingerprint density at radius 1 is 1.00 bits per heavy atom. The molecule has 4 heterocycles. The van der Waals surface area contributed by atoms with Gasteiger partial charge in [0.25, 0.3) is 0 Å². The maximum atomic E-state index is 12.5. The normalized spacial score (nSPS) is 16.6. The number of ether oxygens (including phenoxy) is 4. The lowest BCUT2D eigenvalue weighted by atomic mass is 9.81. The number of pyridine rings is 1. The molecule has 1 atom stereocenters. The number of esters is 1. The summed E-state index contributed by atoms with van der Waals surface area (Å²) in [6.45, 7) is 7.10. The average molecular weight is 753 g/mol. The number of carbonyl (C=O) groups is 2. The molecule has 13 heteroatoms. The molecule has 0 unspecified atom stereocenters. The SMILES string of the molecule is CCOC(=O)C1(C)CN(Cc2c(OC)cc(-n3ncc4c(-c5cccc(-c6ccc(CNC[C@@H]7CCC(=O)N7)c(OC)n6)c5Cl)cccc43)cc2OC)C1. The van der Waals surface area contributed by atoms with Gasteiger partial charge in [0.1, 0.15) is 11.5 Å². The highest BCUT2D eigenvalue weighted by Gasteiger charge is 2.46. The Kier molecular flexibility index (Phi) is 10.8. The maximum absolute atomic E-state index is 12.5. The van der Waals surface area contributed by atoms with E-state index in [2.05, 4.69) is 15.5 Å². The number of halogens is 1. The Labute approximate surface area is 319 Å². The number of amides is 1. The molecule has 1 amide bonds. The molecule has 282 valence electrons. The number of hydrogen-bond acceptors (Lipinski definition) is 10. The molecule has 5 aromatic rings. The summed E-state index contributed by atoms with van der Waals surface area (Å²) in [6.07, 6.45) is 3.25. The van der Waals surface area contributed by atoms with Crippen LogP contribution in [0.1, 0.15) is 37.8 Å². The van der Waals surface area contributed by atoms with Crippen LogP contribution < -0.4 is 24.8 Å². The van der Waals surface area contributed by atoms with Crippen LogP contribution >= 0.6 is 11.6 Å². The number of hydrogen-bond donors (Lipinski definition) is 2. The summed E-state index contributed by atoms with van der Waals surface area (Å²) in [4.78, 5) is 31.0. The highest BCUT2D eigenvalue weighted by Crippen LogP contribution is 2.41. The number of fused-ring (bicyclic) bond motifs is 1. The first-order valence-electron chi connectivity index (χ1n) is 18.1. The van der Waals surface area contributed by atoms with Crippen molar-refractivity contribution in [1.82, 2.24) is 30.3 Å². The molecule has 2 saturated heterocycles. The van der Waals surface area contributed by atoms with Crippen molar-refractivity contribution in [2.45, 2.75) is 45.8 Å². The molecule has 54 heavy (non-hydrogen) atoms. The molecular formula is C41H45ClN6O6. The second-order valence-electron chi connectivity index (χ2n) is 14.0. The van der Waals surface area contributed by atoms with E-state index in [0.29, 0.717) is 73.8 Å². The van der Waals surface area contributed by atoms with Gasteiger partial charge in [0.15, 0.2) is 0 Å². The van der Waals surface area contributed by atoms with Crippen LogP contribution in [0.25, 0.3) is 39.0 Å². The lowest BCUT2D eigenvalue weighted by Gasteiger charge is -2.46. The first-order chi connectivity index (χ1) is 26.2. The topological polar surface area (TPSA) is 129 Å². The fourth-order valence-corrected chi connectivity index (χ4v) is 7.86. The van der Waals surface area contributed by atoms with Crippen molar-refractivity contribution < 1.29 is 28.5 Å². The summed E-state index contributed by atoms with van der Waals surface area (Å²) >= 11 is 7.19. The zero-order valence-electron chi connectivity index (χ0n) is 31.2. The van der Waals surface area contributed by atoms with Crippen molar-refractivity contribution in [3.63, 3.8) is 0 Å². The molecule has 0 saturated carbocycles. The third kappa shape index (κ3) is 7.21. The Morgan fingerprint density at radius 3 is 2.41 bits per heavy atom. The second-order valence-corrected chi connectivity index (χ2v) is 14.4. The number of methoxy groups -OCH3 is 3. The van der Waals surface area contributed by atoms with Crippen LogP contribution in [0, 0.1) is 5.41 Å². The van der Waals surface area contributed by atoms with Gasteiger partial charge >= 0.3 is 5.97 Å². The van der Waals surface area contributed by atoms with Crippen molar-refractivity contribution in [3.05, 3.63) is 83.0 Å². The van der Waals surface area contributed by atoms with E-state index in [1.165, 1.54) is 0 Å². The van der Waals surface area contributed by atoms with Gasteiger partial charge in [-0.3, -0.25) is 14.5 Å². The Hall–Kier alpha value is -5.17. The molecule has 2 aliphatic rings. The molecule has 2 aliphatic heterocycles. The summed E-state index contributed by atoms with van der Waals surface area (Å²) in [5.41, 5.74) is 6.18. The van der Waals surface area contributed by atoms with Gasteiger partial charge < -0.3 is 29.6 Å². The second kappa shape index (κ2) is 15.7. The molecule has 2 N–H and O–H groups in total. The minimum Gasteiger partial charge on any atom is -0.496 e. The van der Waals surface area contributed by atoms with E-state index in [1.807, 2.05) is 85.4 Å². The number of aromatic nitrogens is 3. The molecule has 0 aliphatic carbocycles. The third-order valence-electron chi connectivity index (χ3n) is 10.2. The van der Waals surface area contributed by atoms with Gasteiger partial charge in [0, 0.05) is 79.4 Å². The highest BCUT2D eigenvalue weighted by atomic mass is 35.5. The van der Waals surface area contributed by atoms with Crippen molar-refractivity contribution in [1.29, 1.82) is 0 Å². The number of nitrogens with zero attached hydrogens (tertiary/aromatic N) is 4. The van der Waals surface area contributed by atoms with Gasteiger partial charge in [-0.2, -0.15) is 5.10 Å². The van der Waals surface area contributed by atoms with Gasteiger partial charge in [-0.1, -0.05) is 48.0 Å². The van der Waals surface area contributed by atoms with Crippen LogP contribution in [0.15, 0.2) is 66.9 Å². The number of rotatable bonds is 14. The molecule has 2 aromatic heterocycles. The lowest BCUT2D eigenvalue weighted by Crippen LogP contribution is -2.58.